The lowest BCUT2D eigenvalue weighted by Gasteiger charge is -2.13. The number of nitrogens with zero attached hydrogens (tertiary/aromatic N) is 1. The van der Waals surface area contributed by atoms with Crippen LogP contribution in [-0.2, 0) is 4.79 Å². The fourth-order valence-corrected chi connectivity index (χ4v) is 2.42. The van der Waals surface area contributed by atoms with E-state index in [4.69, 9.17) is 0 Å². The number of aromatic nitrogens is 1. The quantitative estimate of drug-likeness (QED) is 0.854. The molecule has 1 amide bonds. The fourth-order valence-electron chi connectivity index (χ4n) is 2.42. The Kier molecular flexibility index (Phi) is 4.77. The van der Waals surface area contributed by atoms with Gasteiger partial charge in [-0.1, -0.05) is 26.7 Å². The van der Waals surface area contributed by atoms with Gasteiger partial charge in [-0.25, -0.2) is 4.98 Å². The van der Waals surface area contributed by atoms with Crippen molar-refractivity contribution in [3.63, 3.8) is 0 Å². The molecule has 0 spiro atoms. The van der Waals surface area contributed by atoms with Crippen molar-refractivity contribution in [1.82, 2.24) is 4.98 Å². The molecule has 1 saturated carbocycles. The van der Waals surface area contributed by atoms with Crippen LogP contribution in [0.4, 0.5) is 11.5 Å². The van der Waals surface area contributed by atoms with E-state index in [9.17, 15) is 4.79 Å². The van der Waals surface area contributed by atoms with Crippen LogP contribution in [0.1, 0.15) is 46.0 Å². The molecular weight excluding hydrogens is 238 g/mol. The number of pyridine rings is 1. The highest BCUT2D eigenvalue weighted by atomic mass is 16.1. The molecule has 1 aromatic rings. The van der Waals surface area contributed by atoms with Crippen LogP contribution in [0, 0.1) is 5.92 Å². The van der Waals surface area contributed by atoms with E-state index < -0.39 is 0 Å². The highest BCUT2D eigenvalue weighted by molar-refractivity contribution is 5.90. The SMILES string of the molecule is CC(C)CC(=O)Nc1ccc(NC2CCCC2)nc1. The van der Waals surface area contributed by atoms with E-state index in [-0.39, 0.29) is 5.91 Å². The number of carbonyl (C=O) groups excluding carboxylic acids is 1. The highest BCUT2D eigenvalue weighted by Crippen LogP contribution is 2.21. The maximum Gasteiger partial charge on any atom is 0.224 e. The van der Waals surface area contributed by atoms with Gasteiger partial charge in [-0.15, -0.1) is 0 Å². The minimum atomic E-state index is 0.0494. The number of carbonyl (C=O) groups is 1. The summed E-state index contributed by atoms with van der Waals surface area (Å²) >= 11 is 0. The third-order valence-corrected chi connectivity index (χ3v) is 3.35. The van der Waals surface area contributed by atoms with Crippen molar-refractivity contribution < 1.29 is 4.79 Å². The van der Waals surface area contributed by atoms with Crippen LogP contribution in [0.2, 0.25) is 0 Å². The summed E-state index contributed by atoms with van der Waals surface area (Å²) in [5.74, 6) is 1.32. The van der Waals surface area contributed by atoms with Crippen molar-refractivity contribution in [1.29, 1.82) is 0 Å². The lowest BCUT2D eigenvalue weighted by Crippen LogP contribution is -2.16. The zero-order valence-electron chi connectivity index (χ0n) is 11.8. The summed E-state index contributed by atoms with van der Waals surface area (Å²) in [6.45, 7) is 4.07. The van der Waals surface area contributed by atoms with E-state index in [1.54, 1.807) is 6.20 Å². The zero-order chi connectivity index (χ0) is 13.7. The van der Waals surface area contributed by atoms with Crippen LogP contribution < -0.4 is 10.6 Å². The summed E-state index contributed by atoms with van der Waals surface area (Å²) in [5.41, 5.74) is 0.766. The molecule has 19 heavy (non-hydrogen) atoms. The van der Waals surface area contributed by atoms with E-state index in [0.717, 1.165) is 11.5 Å². The number of rotatable bonds is 5. The number of hydrogen-bond acceptors (Lipinski definition) is 3. The largest absolute Gasteiger partial charge is 0.367 e. The van der Waals surface area contributed by atoms with Gasteiger partial charge in [-0.05, 0) is 30.9 Å². The van der Waals surface area contributed by atoms with Crippen molar-refractivity contribution in [2.45, 2.75) is 52.0 Å². The highest BCUT2D eigenvalue weighted by Gasteiger charge is 2.14. The normalized spacial score (nSPS) is 15.7. The van der Waals surface area contributed by atoms with E-state index >= 15 is 0 Å². The molecule has 0 atom stereocenters. The number of hydrogen-bond donors (Lipinski definition) is 2. The maximum absolute atomic E-state index is 11.6. The van der Waals surface area contributed by atoms with E-state index in [0.29, 0.717) is 18.4 Å². The van der Waals surface area contributed by atoms with Crippen LogP contribution in [-0.4, -0.2) is 16.9 Å². The average molecular weight is 261 g/mol. The van der Waals surface area contributed by atoms with Crippen molar-refractivity contribution >= 4 is 17.4 Å². The standard InChI is InChI=1S/C15H23N3O/c1-11(2)9-15(19)18-13-7-8-14(16-10-13)17-12-5-3-4-6-12/h7-8,10-12H,3-6,9H2,1-2H3,(H,16,17)(H,18,19). The van der Waals surface area contributed by atoms with Gasteiger partial charge < -0.3 is 10.6 Å². The topological polar surface area (TPSA) is 54.0 Å². The minimum absolute atomic E-state index is 0.0494. The molecule has 0 unspecified atom stereocenters. The van der Waals surface area contributed by atoms with Gasteiger partial charge in [0.25, 0.3) is 0 Å². The molecule has 1 fully saturated rings. The second kappa shape index (κ2) is 6.55. The summed E-state index contributed by atoms with van der Waals surface area (Å²) in [5, 5.41) is 6.29. The lowest BCUT2D eigenvalue weighted by molar-refractivity contribution is -0.116. The number of nitrogens with one attached hydrogen (secondary N) is 2. The van der Waals surface area contributed by atoms with Crippen molar-refractivity contribution in [2.75, 3.05) is 10.6 Å². The average Bonchev–Trinajstić information content (AvgIpc) is 2.83. The van der Waals surface area contributed by atoms with E-state index in [1.165, 1.54) is 25.7 Å². The van der Waals surface area contributed by atoms with Crippen molar-refractivity contribution in [3.05, 3.63) is 18.3 Å². The Morgan fingerprint density at radius 3 is 2.68 bits per heavy atom. The Balaban J connectivity index is 1.85. The zero-order valence-corrected chi connectivity index (χ0v) is 11.8. The summed E-state index contributed by atoms with van der Waals surface area (Å²) in [4.78, 5) is 16.0. The van der Waals surface area contributed by atoms with Crippen LogP contribution in [0.15, 0.2) is 18.3 Å². The molecule has 1 aromatic heterocycles. The second-order valence-electron chi connectivity index (χ2n) is 5.70. The fraction of sp³-hybridized carbons (Fsp3) is 0.600. The van der Waals surface area contributed by atoms with Crippen LogP contribution in [0.5, 0.6) is 0 Å². The molecule has 2 N–H and O–H groups in total. The van der Waals surface area contributed by atoms with E-state index in [2.05, 4.69) is 15.6 Å². The predicted octanol–water partition coefficient (Wildman–Crippen LogP) is 3.42. The van der Waals surface area contributed by atoms with Crippen molar-refractivity contribution in [3.8, 4) is 0 Å². The van der Waals surface area contributed by atoms with Gasteiger partial charge in [0, 0.05) is 12.5 Å². The van der Waals surface area contributed by atoms with Gasteiger partial charge in [0.15, 0.2) is 0 Å². The van der Waals surface area contributed by atoms with Gasteiger partial charge in [0.05, 0.1) is 11.9 Å². The van der Waals surface area contributed by atoms with Gasteiger partial charge in [-0.2, -0.15) is 0 Å². The Labute approximate surface area is 115 Å². The lowest BCUT2D eigenvalue weighted by atomic mass is 10.1. The third kappa shape index (κ3) is 4.54. The Morgan fingerprint density at radius 2 is 2.11 bits per heavy atom. The molecule has 1 heterocycles. The monoisotopic (exact) mass is 261 g/mol. The van der Waals surface area contributed by atoms with Gasteiger partial charge in [0.1, 0.15) is 5.82 Å². The first-order chi connectivity index (χ1) is 9.13. The van der Waals surface area contributed by atoms with Gasteiger partial charge in [0.2, 0.25) is 5.91 Å². The third-order valence-electron chi connectivity index (χ3n) is 3.35. The van der Waals surface area contributed by atoms with Gasteiger partial charge >= 0.3 is 0 Å². The van der Waals surface area contributed by atoms with Crippen LogP contribution in [0.25, 0.3) is 0 Å². The van der Waals surface area contributed by atoms with Crippen LogP contribution >= 0.6 is 0 Å². The van der Waals surface area contributed by atoms with E-state index in [1.807, 2.05) is 26.0 Å². The summed E-state index contributed by atoms with van der Waals surface area (Å²) in [6, 6.07) is 4.40. The first-order valence-corrected chi connectivity index (χ1v) is 7.16. The summed E-state index contributed by atoms with van der Waals surface area (Å²) in [6.07, 6.45) is 7.34. The molecule has 0 saturated heterocycles. The second-order valence-corrected chi connectivity index (χ2v) is 5.70. The number of anilines is 2. The Bertz CT molecular complexity index is 408. The van der Waals surface area contributed by atoms with Crippen molar-refractivity contribution in [2.24, 2.45) is 5.92 Å². The molecule has 0 radical (unpaired) electrons. The predicted molar refractivity (Wildman–Crippen MR) is 78.2 cm³/mol. The van der Waals surface area contributed by atoms with Gasteiger partial charge in [-0.3, -0.25) is 4.79 Å². The summed E-state index contributed by atoms with van der Waals surface area (Å²) < 4.78 is 0. The minimum Gasteiger partial charge on any atom is -0.367 e. The maximum atomic E-state index is 11.6. The molecule has 104 valence electrons. The Morgan fingerprint density at radius 1 is 1.37 bits per heavy atom. The molecule has 1 aliphatic carbocycles. The number of amides is 1. The molecule has 2 rings (SSSR count). The molecule has 4 heteroatoms. The molecule has 0 aliphatic heterocycles. The molecular formula is C15H23N3O. The first kappa shape index (κ1) is 13.8. The molecule has 1 aliphatic rings. The molecule has 4 nitrogen and oxygen atoms in total. The smallest absolute Gasteiger partial charge is 0.224 e. The summed E-state index contributed by atoms with van der Waals surface area (Å²) in [7, 11) is 0. The Hall–Kier alpha value is -1.58. The first-order valence-electron chi connectivity index (χ1n) is 7.16. The molecule has 0 bridgehead atoms. The molecule has 0 aromatic carbocycles. The van der Waals surface area contributed by atoms with Crippen LogP contribution in [0.3, 0.4) is 0 Å².